The third kappa shape index (κ3) is 4.12. The van der Waals surface area contributed by atoms with E-state index in [0.717, 1.165) is 25.2 Å². The van der Waals surface area contributed by atoms with E-state index in [4.69, 9.17) is 4.74 Å². The first-order valence-electron chi connectivity index (χ1n) is 6.68. The lowest BCUT2D eigenvalue weighted by Gasteiger charge is -2.38. The Bertz CT molecular complexity index is 147. The van der Waals surface area contributed by atoms with Crippen LogP contribution in [0, 0.1) is 5.92 Å². The molecule has 1 aliphatic heterocycles. The molecule has 0 bridgehead atoms. The van der Waals surface area contributed by atoms with Gasteiger partial charge in [0.2, 0.25) is 0 Å². The summed E-state index contributed by atoms with van der Waals surface area (Å²) in [4.78, 5) is 2.63. The highest BCUT2D eigenvalue weighted by Crippen LogP contribution is 2.27. The number of hydrogen-bond donors (Lipinski definition) is 0. The van der Waals surface area contributed by atoms with E-state index in [1.54, 1.807) is 0 Å². The van der Waals surface area contributed by atoms with Gasteiger partial charge in [0.1, 0.15) is 0 Å². The second-order valence-corrected chi connectivity index (χ2v) is 4.56. The van der Waals surface area contributed by atoms with Crippen molar-refractivity contribution in [3.8, 4) is 0 Å². The SMILES string of the molecule is CC.CC1CCC(N2CCOCC2)CC1. The van der Waals surface area contributed by atoms with Gasteiger partial charge in [0.25, 0.3) is 0 Å². The van der Waals surface area contributed by atoms with Crippen molar-refractivity contribution in [2.75, 3.05) is 26.3 Å². The Hall–Kier alpha value is -0.0800. The minimum atomic E-state index is 0.875. The zero-order valence-electron chi connectivity index (χ0n) is 10.7. The van der Waals surface area contributed by atoms with E-state index in [1.807, 2.05) is 13.8 Å². The molecule has 0 aromatic rings. The highest BCUT2D eigenvalue weighted by molar-refractivity contribution is 4.79. The van der Waals surface area contributed by atoms with Crippen LogP contribution < -0.4 is 0 Å². The van der Waals surface area contributed by atoms with Gasteiger partial charge in [0.15, 0.2) is 0 Å². The van der Waals surface area contributed by atoms with Crippen LogP contribution in [0.15, 0.2) is 0 Å². The average molecular weight is 213 g/mol. The quantitative estimate of drug-likeness (QED) is 0.664. The maximum Gasteiger partial charge on any atom is 0.0594 e. The molecule has 2 rings (SSSR count). The number of nitrogens with zero attached hydrogens (tertiary/aromatic N) is 1. The van der Waals surface area contributed by atoms with Crippen LogP contribution in [-0.2, 0) is 4.74 Å². The van der Waals surface area contributed by atoms with Gasteiger partial charge in [0.05, 0.1) is 13.2 Å². The lowest BCUT2D eigenvalue weighted by atomic mass is 9.86. The summed E-state index contributed by atoms with van der Waals surface area (Å²) in [5, 5.41) is 0. The molecule has 2 fully saturated rings. The van der Waals surface area contributed by atoms with E-state index < -0.39 is 0 Å². The van der Waals surface area contributed by atoms with E-state index in [-0.39, 0.29) is 0 Å². The maximum absolute atomic E-state index is 5.37. The highest BCUT2D eigenvalue weighted by Gasteiger charge is 2.24. The van der Waals surface area contributed by atoms with Crippen LogP contribution in [0.5, 0.6) is 0 Å². The third-order valence-electron chi connectivity index (χ3n) is 3.55. The molecule has 0 aromatic heterocycles. The molecule has 90 valence electrons. The van der Waals surface area contributed by atoms with Crippen molar-refractivity contribution >= 4 is 0 Å². The van der Waals surface area contributed by atoms with Crippen molar-refractivity contribution in [2.24, 2.45) is 5.92 Å². The van der Waals surface area contributed by atoms with Crippen molar-refractivity contribution in [2.45, 2.75) is 52.5 Å². The molecule has 1 saturated heterocycles. The van der Waals surface area contributed by atoms with Crippen LogP contribution in [-0.4, -0.2) is 37.2 Å². The molecule has 0 unspecified atom stereocenters. The number of hydrogen-bond acceptors (Lipinski definition) is 2. The van der Waals surface area contributed by atoms with Crippen molar-refractivity contribution in [1.82, 2.24) is 4.90 Å². The number of morpholine rings is 1. The first kappa shape index (κ1) is 13.0. The molecule has 2 nitrogen and oxygen atoms in total. The third-order valence-corrected chi connectivity index (χ3v) is 3.55. The Labute approximate surface area is 95.0 Å². The Morgan fingerprint density at radius 1 is 0.933 bits per heavy atom. The molecule has 1 saturated carbocycles. The van der Waals surface area contributed by atoms with Gasteiger partial charge < -0.3 is 4.74 Å². The first-order chi connectivity index (χ1) is 7.36. The summed E-state index contributed by atoms with van der Waals surface area (Å²) in [6.45, 7) is 10.6. The van der Waals surface area contributed by atoms with Gasteiger partial charge in [-0.2, -0.15) is 0 Å². The van der Waals surface area contributed by atoms with Crippen LogP contribution in [0.25, 0.3) is 0 Å². The van der Waals surface area contributed by atoms with Crippen LogP contribution in [0.4, 0.5) is 0 Å². The standard InChI is InChI=1S/C11H21NO.C2H6/c1-10-2-4-11(5-3-10)12-6-8-13-9-7-12;1-2/h10-11H,2-9H2,1H3;1-2H3. The van der Waals surface area contributed by atoms with Gasteiger partial charge >= 0.3 is 0 Å². The topological polar surface area (TPSA) is 12.5 Å². The van der Waals surface area contributed by atoms with E-state index in [1.165, 1.54) is 38.8 Å². The summed E-state index contributed by atoms with van der Waals surface area (Å²) in [6, 6.07) is 0.875. The summed E-state index contributed by atoms with van der Waals surface area (Å²) < 4.78 is 5.37. The zero-order valence-corrected chi connectivity index (χ0v) is 10.7. The molecular weight excluding hydrogens is 186 g/mol. The van der Waals surface area contributed by atoms with Gasteiger partial charge in [-0.25, -0.2) is 0 Å². The minimum Gasteiger partial charge on any atom is -0.379 e. The molecule has 1 heterocycles. The molecule has 0 aromatic carbocycles. The monoisotopic (exact) mass is 213 g/mol. The molecule has 0 spiro atoms. The summed E-state index contributed by atoms with van der Waals surface area (Å²) in [5.74, 6) is 0.970. The average Bonchev–Trinajstić information content (AvgIpc) is 2.34. The fraction of sp³-hybridized carbons (Fsp3) is 1.00. The highest BCUT2D eigenvalue weighted by atomic mass is 16.5. The predicted molar refractivity (Wildman–Crippen MR) is 65.2 cm³/mol. The van der Waals surface area contributed by atoms with Crippen LogP contribution >= 0.6 is 0 Å². The van der Waals surface area contributed by atoms with E-state index in [2.05, 4.69) is 11.8 Å². The zero-order chi connectivity index (χ0) is 11.1. The second-order valence-electron chi connectivity index (χ2n) is 4.56. The smallest absolute Gasteiger partial charge is 0.0594 e. The van der Waals surface area contributed by atoms with E-state index in [9.17, 15) is 0 Å². The van der Waals surface area contributed by atoms with Gasteiger partial charge in [-0.3, -0.25) is 4.90 Å². The largest absolute Gasteiger partial charge is 0.379 e. The van der Waals surface area contributed by atoms with Crippen LogP contribution in [0.3, 0.4) is 0 Å². The molecular formula is C13H27NO. The van der Waals surface area contributed by atoms with Crippen molar-refractivity contribution in [3.63, 3.8) is 0 Å². The van der Waals surface area contributed by atoms with Crippen molar-refractivity contribution in [1.29, 1.82) is 0 Å². The van der Waals surface area contributed by atoms with Gasteiger partial charge in [-0.05, 0) is 31.6 Å². The Morgan fingerprint density at radius 3 is 2.00 bits per heavy atom. The second kappa shape index (κ2) is 7.24. The van der Waals surface area contributed by atoms with Crippen molar-refractivity contribution in [3.05, 3.63) is 0 Å². The fourth-order valence-corrected chi connectivity index (χ4v) is 2.55. The molecule has 0 atom stereocenters. The van der Waals surface area contributed by atoms with Gasteiger partial charge in [-0.1, -0.05) is 20.8 Å². The van der Waals surface area contributed by atoms with Crippen LogP contribution in [0.1, 0.15) is 46.5 Å². The Balaban J connectivity index is 0.000000531. The molecule has 2 heteroatoms. The number of ether oxygens (including phenoxy) is 1. The summed E-state index contributed by atoms with van der Waals surface area (Å²) in [7, 11) is 0. The van der Waals surface area contributed by atoms with Crippen molar-refractivity contribution < 1.29 is 4.74 Å². The normalized spacial score (nSPS) is 33.0. The molecule has 0 amide bonds. The Morgan fingerprint density at radius 2 is 1.47 bits per heavy atom. The summed E-state index contributed by atoms with van der Waals surface area (Å²) in [5.41, 5.74) is 0. The molecule has 0 radical (unpaired) electrons. The fourth-order valence-electron chi connectivity index (χ4n) is 2.55. The van der Waals surface area contributed by atoms with E-state index in [0.29, 0.717) is 0 Å². The molecule has 2 aliphatic rings. The summed E-state index contributed by atoms with van der Waals surface area (Å²) >= 11 is 0. The van der Waals surface area contributed by atoms with E-state index >= 15 is 0 Å². The molecule has 15 heavy (non-hydrogen) atoms. The number of rotatable bonds is 1. The first-order valence-corrected chi connectivity index (χ1v) is 6.68. The minimum absolute atomic E-state index is 0.875. The van der Waals surface area contributed by atoms with Crippen LogP contribution in [0.2, 0.25) is 0 Å². The summed E-state index contributed by atoms with van der Waals surface area (Å²) in [6.07, 6.45) is 5.70. The van der Waals surface area contributed by atoms with Gasteiger partial charge in [0, 0.05) is 19.1 Å². The Kier molecular flexibility index (Phi) is 6.26. The lowest BCUT2D eigenvalue weighted by molar-refractivity contribution is 0.00559. The van der Waals surface area contributed by atoms with Gasteiger partial charge in [-0.15, -0.1) is 0 Å². The maximum atomic E-state index is 5.37. The predicted octanol–water partition coefficient (Wildman–Crippen LogP) is 2.92. The molecule has 0 N–H and O–H groups in total. The molecule has 1 aliphatic carbocycles. The lowest BCUT2D eigenvalue weighted by Crippen LogP contribution is -2.44.